The van der Waals surface area contributed by atoms with E-state index < -0.39 is 0 Å². The Bertz CT molecular complexity index is 396. The van der Waals surface area contributed by atoms with Crippen molar-refractivity contribution in [3.63, 3.8) is 0 Å². The lowest BCUT2D eigenvalue weighted by Crippen LogP contribution is -2.01. The van der Waals surface area contributed by atoms with Gasteiger partial charge >= 0.3 is 0 Å². The molecule has 0 atom stereocenters. The molecule has 2 rings (SSSR count). The Hall–Kier alpha value is -1.00. The number of thioether (sulfide) groups is 1. The number of rotatable bonds is 3. The topological polar surface area (TPSA) is 43.3 Å². The Balaban J connectivity index is 2.35. The zero-order valence-corrected chi connectivity index (χ0v) is 8.00. The molecule has 13 heavy (non-hydrogen) atoms. The lowest BCUT2D eigenvalue weighted by Gasteiger charge is -1.99. The number of aromatic nitrogens is 2. The number of nitrogens with zero attached hydrogens (tertiary/aromatic N) is 2. The van der Waals surface area contributed by atoms with Crippen molar-refractivity contribution in [3.8, 4) is 0 Å². The van der Waals surface area contributed by atoms with Gasteiger partial charge in [0.25, 0.3) is 0 Å². The first-order valence-electron chi connectivity index (χ1n) is 4.16. The lowest BCUT2D eigenvalue weighted by molar-refractivity contribution is 1.02. The SMILES string of the molecule is NCCSc1ccc2cnccn12. The van der Waals surface area contributed by atoms with E-state index in [1.165, 1.54) is 5.03 Å². The summed E-state index contributed by atoms with van der Waals surface area (Å²) in [4.78, 5) is 4.05. The van der Waals surface area contributed by atoms with Gasteiger partial charge in [-0.1, -0.05) is 0 Å². The van der Waals surface area contributed by atoms with Crippen LogP contribution < -0.4 is 5.73 Å². The van der Waals surface area contributed by atoms with Crippen molar-refractivity contribution < 1.29 is 0 Å². The van der Waals surface area contributed by atoms with Gasteiger partial charge in [0.1, 0.15) is 0 Å². The van der Waals surface area contributed by atoms with E-state index in [9.17, 15) is 0 Å². The minimum atomic E-state index is 0.711. The van der Waals surface area contributed by atoms with Crippen LogP contribution in [0.4, 0.5) is 0 Å². The monoisotopic (exact) mass is 193 g/mol. The van der Waals surface area contributed by atoms with Crippen LogP contribution in [0.25, 0.3) is 5.52 Å². The zero-order valence-electron chi connectivity index (χ0n) is 7.18. The van der Waals surface area contributed by atoms with Crippen molar-refractivity contribution >= 4 is 17.3 Å². The van der Waals surface area contributed by atoms with Crippen LogP contribution in [0.1, 0.15) is 0 Å². The van der Waals surface area contributed by atoms with Crippen molar-refractivity contribution in [1.29, 1.82) is 0 Å². The smallest absolute Gasteiger partial charge is 0.0795 e. The summed E-state index contributed by atoms with van der Waals surface area (Å²) in [6.07, 6.45) is 5.61. The highest BCUT2D eigenvalue weighted by atomic mass is 32.2. The first kappa shape index (κ1) is 8.59. The second-order valence-electron chi connectivity index (χ2n) is 2.68. The molecule has 2 aromatic heterocycles. The summed E-state index contributed by atoms with van der Waals surface area (Å²) in [5.74, 6) is 0.953. The van der Waals surface area contributed by atoms with Crippen LogP contribution in [0.5, 0.6) is 0 Å². The highest BCUT2D eigenvalue weighted by Crippen LogP contribution is 2.19. The Labute approximate surface area is 81.0 Å². The first-order chi connectivity index (χ1) is 6.42. The summed E-state index contributed by atoms with van der Waals surface area (Å²) in [5.41, 5.74) is 6.57. The van der Waals surface area contributed by atoms with E-state index in [4.69, 9.17) is 5.73 Å². The van der Waals surface area contributed by atoms with Gasteiger partial charge in [-0.15, -0.1) is 11.8 Å². The van der Waals surface area contributed by atoms with E-state index in [0.29, 0.717) is 6.54 Å². The molecule has 0 bridgehead atoms. The summed E-state index contributed by atoms with van der Waals surface area (Å²) in [7, 11) is 0. The maximum atomic E-state index is 5.45. The number of hydrogen-bond acceptors (Lipinski definition) is 3. The molecule has 0 unspecified atom stereocenters. The third-order valence-corrected chi connectivity index (χ3v) is 2.86. The van der Waals surface area contributed by atoms with Crippen molar-refractivity contribution in [2.45, 2.75) is 5.03 Å². The van der Waals surface area contributed by atoms with Crippen LogP contribution in [0.2, 0.25) is 0 Å². The molecule has 0 spiro atoms. The molecule has 0 amide bonds. The molecule has 0 radical (unpaired) electrons. The van der Waals surface area contributed by atoms with Crippen LogP contribution in [0.15, 0.2) is 35.7 Å². The maximum Gasteiger partial charge on any atom is 0.0795 e. The van der Waals surface area contributed by atoms with Crippen LogP contribution in [-0.2, 0) is 0 Å². The van der Waals surface area contributed by atoms with Crippen LogP contribution in [-0.4, -0.2) is 21.7 Å². The number of hydrogen-bond donors (Lipinski definition) is 1. The molecule has 2 aromatic rings. The third kappa shape index (κ3) is 1.68. The molecule has 0 aliphatic heterocycles. The summed E-state index contributed by atoms with van der Waals surface area (Å²) >= 11 is 1.77. The van der Waals surface area contributed by atoms with Gasteiger partial charge in [0, 0.05) is 24.7 Å². The number of fused-ring (bicyclic) bond motifs is 1. The average Bonchev–Trinajstić information content (AvgIpc) is 2.58. The summed E-state index contributed by atoms with van der Waals surface area (Å²) < 4.78 is 2.12. The van der Waals surface area contributed by atoms with E-state index in [1.54, 1.807) is 18.0 Å². The summed E-state index contributed by atoms with van der Waals surface area (Å²) in [6.45, 7) is 0.711. The quantitative estimate of drug-likeness (QED) is 0.749. The summed E-state index contributed by atoms with van der Waals surface area (Å²) in [5, 5.41) is 1.22. The van der Waals surface area contributed by atoms with E-state index >= 15 is 0 Å². The predicted octanol–water partition coefficient (Wildman–Crippen LogP) is 1.39. The minimum Gasteiger partial charge on any atom is -0.330 e. The second-order valence-corrected chi connectivity index (χ2v) is 3.80. The average molecular weight is 193 g/mol. The molecule has 3 nitrogen and oxygen atoms in total. The fourth-order valence-corrected chi connectivity index (χ4v) is 2.01. The van der Waals surface area contributed by atoms with Crippen molar-refractivity contribution in [2.75, 3.05) is 12.3 Å². The van der Waals surface area contributed by atoms with Gasteiger partial charge in [-0.3, -0.25) is 4.98 Å². The Morgan fingerprint density at radius 3 is 3.23 bits per heavy atom. The first-order valence-corrected chi connectivity index (χ1v) is 5.14. The van der Waals surface area contributed by atoms with Crippen molar-refractivity contribution in [1.82, 2.24) is 9.38 Å². The third-order valence-electron chi connectivity index (χ3n) is 1.79. The molecule has 4 heteroatoms. The van der Waals surface area contributed by atoms with Gasteiger partial charge in [0.05, 0.1) is 16.7 Å². The predicted molar refractivity (Wildman–Crippen MR) is 55.0 cm³/mol. The minimum absolute atomic E-state index is 0.711. The van der Waals surface area contributed by atoms with E-state index in [1.807, 2.05) is 12.4 Å². The largest absolute Gasteiger partial charge is 0.330 e. The standard InChI is InChI=1S/C9H11N3S/c10-3-6-13-9-2-1-8-7-11-4-5-12(8)9/h1-2,4-5,7H,3,6,10H2. The van der Waals surface area contributed by atoms with Gasteiger partial charge in [-0.2, -0.15) is 0 Å². The molecule has 0 fully saturated rings. The van der Waals surface area contributed by atoms with Crippen molar-refractivity contribution in [2.24, 2.45) is 5.73 Å². The molecule has 2 N–H and O–H groups in total. The highest BCUT2D eigenvalue weighted by Gasteiger charge is 1.99. The van der Waals surface area contributed by atoms with Gasteiger partial charge in [-0.05, 0) is 12.1 Å². The molecule has 0 aromatic carbocycles. The Kier molecular flexibility index (Phi) is 2.52. The molecule has 0 aliphatic carbocycles. The van der Waals surface area contributed by atoms with Gasteiger partial charge in [-0.25, -0.2) is 0 Å². The zero-order chi connectivity index (χ0) is 9.10. The molecule has 0 aliphatic rings. The van der Waals surface area contributed by atoms with E-state index in [0.717, 1.165) is 11.3 Å². The fourth-order valence-electron chi connectivity index (χ4n) is 1.21. The second kappa shape index (κ2) is 3.81. The van der Waals surface area contributed by atoms with E-state index in [2.05, 4.69) is 21.5 Å². The maximum absolute atomic E-state index is 5.45. The highest BCUT2D eigenvalue weighted by molar-refractivity contribution is 7.99. The molecule has 68 valence electrons. The molecular formula is C9H11N3S. The number of nitrogens with two attached hydrogens (primary N) is 1. The fraction of sp³-hybridized carbons (Fsp3) is 0.222. The Morgan fingerprint density at radius 2 is 2.38 bits per heavy atom. The van der Waals surface area contributed by atoms with E-state index in [-0.39, 0.29) is 0 Å². The van der Waals surface area contributed by atoms with Crippen LogP contribution in [0, 0.1) is 0 Å². The van der Waals surface area contributed by atoms with Crippen LogP contribution in [0.3, 0.4) is 0 Å². The van der Waals surface area contributed by atoms with Gasteiger partial charge in [0.15, 0.2) is 0 Å². The van der Waals surface area contributed by atoms with Crippen LogP contribution >= 0.6 is 11.8 Å². The summed E-state index contributed by atoms with van der Waals surface area (Å²) in [6, 6.07) is 4.16. The molecular weight excluding hydrogens is 182 g/mol. The molecule has 0 saturated carbocycles. The Morgan fingerprint density at radius 1 is 1.46 bits per heavy atom. The molecule has 0 saturated heterocycles. The van der Waals surface area contributed by atoms with Crippen molar-refractivity contribution in [3.05, 3.63) is 30.7 Å². The van der Waals surface area contributed by atoms with Gasteiger partial charge < -0.3 is 10.1 Å². The van der Waals surface area contributed by atoms with Gasteiger partial charge in [0.2, 0.25) is 0 Å². The lowest BCUT2D eigenvalue weighted by atomic mass is 10.5. The normalized spacial score (nSPS) is 10.8. The molecule has 2 heterocycles.